The molecule has 90 valence electrons. The number of fused-ring (bicyclic) bond motifs is 1. The van der Waals surface area contributed by atoms with E-state index in [1.165, 1.54) is 4.90 Å². The molecule has 0 spiro atoms. The van der Waals surface area contributed by atoms with Crippen molar-refractivity contribution in [2.75, 3.05) is 13.6 Å². The first-order chi connectivity index (χ1) is 8.15. The van der Waals surface area contributed by atoms with E-state index in [4.69, 9.17) is 0 Å². The van der Waals surface area contributed by atoms with Crippen LogP contribution in [0.5, 0.6) is 0 Å². The molecule has 2 amide bonds. The number of amides is 2. The molecule has 0 aliphatic carbocycles. The van der Waals surface area contributed by atoms with Crippen molar-refractivity contribution in [3.05, 3.63) is 35.4 Å². The van der Waals surface area contributed by atoms with E-state index in [1.54, 1.807) is 24.3 Å². The van der Waals surface area contributed by atoms with Crippen LogP contribution < -0.4 is 5.32 Å². The van der Waals surface area contributed by atoms with Gasteiger partial charge in [-0.1, -0.05) is 12.1 Å². The fourth-order valence-electron chi connectivity index (χ4n) is 1.91. The lowest BCUT2D eigenvalue weighted by Gasteiger charge is -2.16. The molecule has 1 aliphatic heterocycles. The zero-order valence-electron chi connectivity index (χ0n) is 10.1. The van der Waals surface area contributed by atoms with E-state index in [-0.39, 0.29) is 11.8 Å². The summed E-state index contributed by atoms with van der Waals surface area (Å²) in [5.41, 5.74) is 1.05. The molecule has 0 bridgehead atoms. The van der Waals surface area contributed by atoms with Gasteiger partial charge in [0.2, 0.25) is 0 Å². The van der Waals surface area contributed by atoms with E-state index >= 15 is 0 Å². The Morgan fingerprint density at radius 2 is 1.71 bits per heavy atom. The van der Waals surface area contributed by atoms with Gasteiger partial charge in [-0.15, -0.1) is 0 Å². The lowest BCUT2D eigenvalue weighted by atomic mass is 10.1. The smallest absolute Gasteiger partial charge is 0.261 e. The van der Waals surface area contributed by atoms with Crippen molar-refractivity contribution in [1.29, 1.82) is 0 Å². The average molecular weight is 232 g/mol. The second-order valence-electron chi connectivity index (χ2n) is 4.29. The minimum atomic E-state index is -0.172. The summed E-state index contributed by atoms with van der Waals surface area (Å²) in [5.74, 6) is -0.345. The Balaban J connectivity index is 2.13. The highest BCUT2D eigenvalue weighted by molar-refractivity contribution is 6.21. The zero-order chi connectivity index (χ0) is 12.4. The molecular formula is C13H16N2O2. The van der Waals surface area contributed by atoms with Crippen LogP contribution in [0.1, 0.15) is 34.1 Å². The number of rotatable bonds is 4. The summed E-state index contributed by atoms with van der Waals surface area (Å²) in [4.78, 5) is 25.3. The second-order valence-corrected chi connectivity index (χ2v) is 4.29. The van der Waals surface area contributed by atoms with Crippen molar-refractivity contribution in [3.8, 4) is 0 Å². The van der Waals surface area contributed by atoms with E-state index < -0.39 is 0 Å². The molecule has 1 aliphatic rings. The Hall–Kier alpha value is -1.68. The van der Waals surface area contributed by atoms with Crippen molar-refractivity contribution < 1.29 is 9.59 Å². The molecule has 1 heterocycles. The van der Waals surface area contributed by atoms with Gasteiger partial charge in [0.15, 0.2) is 0 Å². The Morgan fingerprint density at radius 3 is 2.18 bits per heavy atom. The van der Waals surface area contributed by atoms with Crippen LogP contribution in [0.4, 0.5) is 0 Å². The highest BCUT2D eigenvalue weighted by Crippen LogP contribution is 2.22. The lowest BCUT2D eigenvalue weighted by Crippen LogP contribution is -2.34. The van der Waals surface area contributed by atoms with E-state index in [9.17, 15) is 9.59 Å². The lowest BCUT2D eigenvalue weighted by molar-refractivity contribution is 0.0649. The molecule has 0 saturated heterocycles. The third kappa shape index (κ3) is 2.08. The van der Waals surface area contributed by atoms with Crippen molar-refractivity contribution in [2.24, 2.45) is 0 Å². The van der Waals surface area contributed by atoms with E-state index in [1.807, 2.05) is 14.0 Å². The third-order valence-electron chi connectivity index (χ3n) is 3.16. The maximum atomic E-state index is 12.0. The first-order valence-corrected chi connectivity index (χ1v) is 5.77. The number of nitrogens with one attached hydrogen (secondary N) is 1. The van der Waals surface area contributed by atoms with Gasteiger partial charge < -0.3 is 5.32 Å². The first kappa shape index (κ1) is 11.8. The monoisotopic (exact) mass is 232 g/mol. The first-order valence-electron chi connectivity index (χ1n) is 5.77. The van der Waals surface area contributed by atoms with Gasteiger partial charge in [0.1, 0.15) is 0 Å². The molecule has 1 aromatic carbocycles. The number of carbonyl (C=O) groups excluding carboxylic acids is 2. The highest BCUT2D eigenvalue weighted by Gasteiger charge is 2.34. The van der Waals surface area contributed by atoms with E-state index in [2.05, 4.69) is 5.32 Å². The van der Waals surface area contributed by atoms with Crippen molar-refractivity contribution >= 4 is 11.8 Å². The summed E-state index contributed by atoms with van der Waals surface area (Å²) in [7, 11) is 1.87. The van der Waals surface area contributed by atoms with Gasteiger partial charge >= 0.3 is 0 Å². The van der Waals surface area contributed by atoms with Crippen LogP contribution in [0.25, 0.3) is 0 Å². The van der Waals surface area contributed by atoms with Crippen LogP contribution in [0.3, 0.4) is 0 Å². The Kier molecular flexibility index (Phi) is 3.24. The molecule has 4 heteroatoms. The summed E-state index contributed by atoms with van der Waals surface area (Å²) in [6, 6.07) is 7.26. The van der Waals surface area contributed by atoms with Crippen molar-refractivity contribution in [3.63, 3.8) is 0 Å². The van der Waals surface area contributed by atoms with Crippen molar-refractivity contribution in [1.82, 2.24) is 10.2 Å². The molecule has 2 rings (SSSR count). The maximum absolute atomic E-state index is 12.0. The van der Waals surface area contributed by atoms with Crippen LogP contribution in [-0.4, -0.2) is 36.3 Å². The molecular weight excluding hydrogens is 216 g/mol. The molecule has 1 N–H and O–H groups in total. The topological polar surface area (TPSA) is 49.4 Å². The van der Waals surface area contributed by atoms with Gasteiger partial charge in [-0.25, -0.2) is 0 Å². The average Bonchev–Trinajstić information content (AvgIpc) is 2.60. The molecule has 0 aromatic heterocycles. The number of nitrogens with zero attached hydrogens (tertiary/aromatic N) is 1. The Labute approximate surface area is 101 Å². The number of carbonyl (C=O) groups is 2. The quantitative estimate of drug-likeness (QED) is 0.796. The van der Waals surface area contributed by atoms with Gasteiger partial charge in [0.25, 0.3) is 11.8 Å². The fraction of sp³-hybridized carbons (Fsp3) is 0.385. The summed E-state index contributed by atoms with van der Waals surface area (Å²) >= 11 is 0. The number of imide groups is 1. The van der Waals surface area contributed by atoms with Crippen LogP contribution in [0, 0.1) is 0 Å². The summed E-state index contributed by atoms with van der Waals surface area (Å²) in [6.45, 7) is 2.49. The van der Waals surface area contributed by atoms with E-state index in [0.29, 0.717) is 23.7 Å². The molecule has 1 unspecified atom stereocenters. The van der Waals surface area contributed by atoms with Crippen LogP contribution in [0.15, 0.2) is 24.3 Å². The fourth-order valence-corrected chi connectivity index (χ4v) is 1.91. The minimum absolute atomic E-state index is 0.172. The van der Waals surface area contributed by atoms with Gasteiger partial charge in [0.05, 0.1) is 11.1 Å². The van der Waals surface area contributed by atoms with Crippen molar-refractivity contribution in [2.45, 2.75) is 19.4 Å². The maximum Gasteiger partial charge on any atom is 0.261 e. The van der Waals surface area contributed by atoms with E-state index in [0.717, 1.165) is 6.42 Å². The number of benzene rings is 1. The summed E-state index contributed by atoms with van der Waals surface area (Å²) in [5, 5.41) is 3.09. The molecule has 0 fully saturated rings. The van der Waals surface area contributed by atoms with Gasteiger partial charge in [0, 0.05) is 12.6 Å². The minimum Gasteiger partial charge on any atom is -0.317 e. The molecule has 0 saturated carbocycles. The standard InChI is InChI=1S/C13H16N2O2/c1-9(14-2)7-8-15-12(16)10-5-3-4-6-11(10)13(15)17/h3-6,9,14H,7-8H2,1-2H3. The SMILES string of the molecule is CNC(C)CCN1C(=O)c2ccccc2C1=O. The van der Waals surface area contributed by atoms with Gasteiger partial charge in [-0.2, -0.15) is 0 Å². The molecule has 1 atom stereocenters. The second kappa shape index (κ2) is 4.67. The van der Waals surface area contributed by atoms with Crippen LogP contribution in [0.2, 0.25) is 0 Å². The third-order valence-corrected chi connectivity index (χ3v) is 3.16. The van der Waals surface area contributed by atoms with Gasteiger partial charge in [-0.3, -0.25) is 14.5 Å². The number of hydrogen-bond donors (Lipinski definition) is 1. The molecule has 4 nitrogen and oxygen atoms in total. The Bertz CT molecular complexity index is 421. The molecule has 1 aromatic rings. The normalized spacial score (nSPS) is 16.2. The molecule has 17 heavy (non-hydrogen) atoms. The Morgan fingerprint density at radius 1 is 1.18 bits per heavy atom. The zero-order valence-corrected chi connectivity index (χ0v) is 10.1. The largest absolute Gasteiger partial charge is 0.317 e. The van der Waals surface area contributed by atoms with Gasteiger partial charge in [-0.05, 0) is 32.5 Å². The highest BCUT2D eigenvalue weighted by atomic mass is 16.2. The predicted molar refractivity (Wildman–Crippen MR) is 64.9 cm³/mol. The summed E-state index contributed by atoms with van der Waals surface area (Å²) in [6.07, 6.45) is 0.766. The summed E-state index contributed by atoms with van der Waals surface area (Å²) < 4.78 is 0. The van der Waals surface area contributed by atoms with Crippen LogP contribution >= 0.6 is 0 Å². The predicted octanol–water partition coefficient (Wildman–Crippen LogP) is 1.28. The number of hydrogen-bond acceptors (Lipinski definition) is 3. The molecule has 0 radical (unpaired) electrons. The van der Waals surface area contributed by atoms with Crippen LogP contribution in [-0.2, 0) is 0 Å².